The molecule has 5 rings (SSSR count). The summed E-state index contributed by atoms with van der Waals surface area (Å²) in [6.07, 6.45) is 7.65. The second-order valence-electron chi connectivity index (χ2n) is 7.37. The highest BCUT2D eigenvalue weighted by Gasteiger charge is 2.22. The smallest absolute Gasteiger partial charge is 0.388 e. The zero-order chi connectivity index (χ0) is 20.5. The van der Waals surface area contributed by atoms with Crippen LogP contribution in [0.3, 0.4) is 0 Å². The SMILES string of the molecule is O=C(/C=C/c1ccc2c(cnn2CC2CC2)c1)Nc1ccccc1-c1n[nH]c(=O)o1. The molecular weight excluding hydrogens is 382 g/mol. The number of benzene rings is 2. The van der Waals surface area contributed by atoms with Gasteiger partial charge in [0.15, 0.2) is 0 Å². The largest absolute Gasteiger partial charge is 0.434 e. The monoisotopic (exact) mass is 401 g/mol. The first kappa shape index (κ1) is 18.1. The van der Waals surface area contributed by atoms with Gasteiger partial charge < -0.3 is 9.73 Å². The van der Waals surface area contributed by atoms with Gasteiger partial charge in [-0.2, -0.15) is 5.10 Å². The van der Waals surface area contributed by atoms with Gasteiger partial charge in [-0.15, -0.1) is 5.10 Å². The summed E-state index contributed by atoms with van der Waals surface area (Å²) in [5.74, 6) is -0.0750. The summed E-state index contributed by atoms with van der Waals surface area (Å²) >= 11 is 0. The average Bonchev–Trinajstić information content (AvgIpc) is 3.33. The van der Waals surface area contributed by atoms with Crippen LogP contribution in [-0.2, 0) is 11.3 Å². The lowest BCUT2D eigenvalue weighted by atomic mass is 10.1. The molecule has 0 bridgehead atoms. The van der Waals surface area contributed by atoms with Crippen molar-refractivity contribution in [2.45, 2.75) is 19.4 Å². The Morgan fingerprint density at radius 2 is 2.13 bits per heavy atom. The van der Waals surface area contributed by atoms with E-state index in [1.54, 1.807) is 30.3 Å². The van der Waals surface area contributed by atoms with Gasteiger partial charge in [0.05, 0.1) is 23.0 Å². The molecule has 1 aliphatic rings. The molecule has 1 aliphatic carbocycles. The van der Waals surface area contributed by atoms with E-state index in [0.29, 0.717) is 11.3 Å². The highest BCUT2D eigenvalue weighted by molar-refractivity contribution is 6.04. The highest BCUT2D eigenvalue weighted by atomic mass is 16.4. The number of carbonyl (C=O) groups is 1. The molecule has 8 heteroatoms. The molecular formula is C22H19N5O3. The van der Waals surface area contributed by atoms with E-state index in [9.17, 15) is 9.59 Å². The van der Waals surface area contributed by atoms with Crippen molar-refractivity contribution in [2.24, 2.45) is 5.92 Å². The fraction of sp³-hybridized carbons (Fsp3) is 0.182. The minimum absolute atomic E-state index is 0.119. The summed E-state index contributed by atoms with van der Waals surface area (Å²) in [5.41, 5.74) is 3.04. The number of rotatable bonds is 6. The van der Waals surface area contributed by atoms with Crippen molar-refractivity contribution in [2.75, 3.05) is 5.32 Å². The molecule has 0 radical (unpaired) electrons. The molecule has 2 N–H and O–H groups in total. The van der Waals surface area contributed by atoms with E-state index in [-0.39, 0.29) is 11.8 Å². The van der Waals surface area contributed by atoms with Crippen LogP contribution in [0.4, 0.5) is 5.69 Å². The van der Waals surface area contributed by atoms with Gasteiger partial charge in [0.2, 0.25) is 5.91 Å². The van der Waals surface area contributed by atoms with Crippen LogP contribution < -0.4 is 11.1 Å². The summed E-state index contributed by atoms with van der Waals surface area (Å²) in [7, 11) is 0. The third-order valence-electron chi connectivity index (χ3n) is 5.07. The molecule has 150 valence electrons. The third kappa shape index (κ3) is 3.80. The van der Waals surface area contributed by atoms with Crippen molar-refractivity contribution >= 4 is 28.6 Å². The van der Waals surface area contributed by atoms with E-state index in [1.807, 2.05) is 24.4 Å². The maximum atomic E-state index is 12.4. The molecule has 1 saturated carbocycles. The van der Waals surface area contributed by atoms with Crippen molar-refractivity contribution in [3.05, 3.63) is 70.9 Å². The number of H-pyrrole nitrogens is 1. The standard InChI is InChI=1S/C22H19N5O3/c28-20(24-18-4-2-1-3-17(18)21-25-26-22(29)30-21)10-8-14-7-9-19-16(11-14)12-23-27(19)13-15-5-6-15/h1-4,7-12,15H,5-6,13H2,(H,24,28)(H,26,29)/b10-8+. The molecule has 4 aromatic rings. The summed E-state index contributed by atoms with van der Waals surface area (Å²) in [6.45, 7) is 0.969. The van der Waals surface area contributed by atoms with Gasteiger partial charge in [0.25, 0.3) is 5.89 Å². The molecule has 1 fully saturated rings. The number of hydrogen-bond donors (Lipinski definition) is 2. The molecule has 30 heavy (non-hydrogen) atoms. The van der Waals surface area contributed by atoms with Crippen LogP contribution in [0.25, 0.3) is 28.4 Å². The van der Waals surface area contributed by atoms with Crippen molar-refractivity contribution in [3.63, 3.8) is 0 Å². The van der Waals surface area contributed by atoms with Crippen molar-refractivity contribution < 1.29 is 9.21 Å². The number of aromatic amines is 1. The Morgan fingerprint density at radius 3 is 2.93 bits per heavy atom. The Hall–Kier alpha value is -3.94. The second-order valence-corrected chi connectivity index (χ2v) is 7.37. The number of para-hydroxylation sites is 1. The topological polar surface area (TPSA) is 106 Å². The summed E-state index contributed by atoms with van der Waals surface area (Å²) < 4.78 is 7.05. The first-order valence-electron chi connectivity index (χ1n) is 9.75. The van der Waals surface area contributed by atoms with Gasteiger partial charge in [-0.05, 0) is 54.7 Å². The minimum atomic E-state index is -0.651. The van der Waals surface area contributed by atoms with Crippen LogP contribution in [0.1, 0.15) is 18.4 Å². The lowest BCUT2D eigenvalue weighted by Crippen LogP contribution is -2.08. The van der Waals surface area contributed by atoms with E-state index in [0.717, 1.165) is 28.9 Å². The third-order valence-corrected chi connectivity index (χ3v) is 5.07. The van der Waals surface area contributed by atoms with Crippen LogP contribution >= 0.6 is 0 Å². The molecule has 0 saturated heterocycles. The van der Waals surface area contributed by atoms with Crippen LogP contribution in [0.5, 0.6) is 0 Å². The predicted octanol–water partition coefficient (Wildman–Crippen LogP) is 3.44. The molecule has 0 unspecified atom stereocenters. The molecule has 1 amide bonds. The lowest BCUT2D eigenvalue weighted by molar-refractivity contribution is -0.111. The van der Waals surface area contributed by atoms with Crippen LogP contribution in [0.2, 0.25) is 0 Å². The Labute approximate surface area is 171 Å². The molecule has 0 atom stereocenters. The number of amides is 1. The number of fused-ring (bicyclic) bond motifs is 1. The molecule has 0 spiro atoms. The molecule has 2 aromatic heterocycles. The van der Waals surface area contributed by atoms with Crippen LogP contribution in [0.15, 0.2) is 63.9 Å². The number of hydrogen-bond acceptors (Lipinski definition) is 5. The Kier molecular flexibility index (Phi) is 4.51. The van der Waals surface area contributed by atoms with Gasteiger partial charge in [0, 0.05) is 18.0 Å². The van der Waals surface area contributed by atoms with E-state index >= 15 is 0 Å². The maximum absolute atomic E-state index is 12.4. The van der Waals surface area contributed by atoms with Crippen LogP contribution in [-0.4, -0.2) is 25.9 Å². The summed E-state index contributed by atoms with van der Waals surface area (Å²) in [5, 5.41) is 14.4. The Balaban J connectivity index is 1.31. The Bertz CT molecular complexity index is 1310. The summed E-state index contributed by atoms with van der Waals surface area (Å²) in [4.78, 5) is 23.7. The quantitative estimate of drug-likeness (QED) is 0.482. The highest BCUT2D eigenvalue weighted by Crippen LogP contribution is 2.31. The number of nitrogens with one attached hydrogen (secondary N) is 2. The molecule has 8 nitrogen and oxygen atoms in total. The van der Waals surface area contributed by atoms with E-state index in [1.165, 1.54) is 18.9 Å². The number of carbonyl (C=O) groups excluding carboxylic acids is 1. The number of nitrogens with zero attached hydrogens (tertiary/aromatic N) is 3. The molecule has 0 aliphatic heterocycles. The van der Waals surface area contributed by atoms with Crippen LogP contribution in [0, 0.1) is 5.92 Å². The van der Waals surface area contributed by atoms with Crippen molar-refractivity contribution in [3.8, 4) is 11.5 Å². The number of aromatic nitrogens is 4. The zero-order valence-corrected chi connectivity index (χ0v) is 16.0. The van der Waals surface area contributed by atoms with E-state index in [4.69, 9.17) is 4.42 Å². The summed E-state index contributed by atoms with van der Waals surface area (Å²) in [6, 6.07) is 13.0. The van der Waals surface area contributed by atoms with Gasteiger partial charge in [-0.25, -0.2) is 9.89 Å². The first-order chi connectivity index (χ1) is 14.7. The maximum Gasteiger partial charge on any atom is 0.434 e. The molecule has 2 aromatic carbocycles. The lowest BCUT2D eigenvalue weighted by Gasteiger charge is -2.06. The predicted molar refractivity (Wildman–Crippen MR) is 113 cm³/mol. The zero-order valence-electron chi connectivity index (χ0n) is 16.0. The first-order valence-corrected chi connectivity index (χ1v) is 9.75. The van der Waals surface area contributed by atoms with Crippen molar-refractivity contribution in [1.29, 1.82) is 0 Å². The minimum Gasteiger partial charge on any atom is -0.388 e. The van der Waals surface area contributed by atoms with E-state index < -0.39 is 5.76 Å². The number of anilines is 1. The van der Waals surface area contributed by atoms with Gasteiger partial charge in [-0.3, -0.25) is 9.48 Å². The van der Waals surface area contributed by atoms with Gasteiger partial charge >= 0.3 is 5.76 Å². The van der Waals surface area contributed by atoms with Crippen molar-refractivity contribution in [1.82, 2.24) is 20.0 Å². The Morgan fingerprint density at radius 1 is 1.27 bits per heavy atom. The van der Waals surface area contributed by atoms with E-state index in [2.05, 4.69) is 25.3 Å². The molecule has 2 heterocycles. The average molecular weight is 401 g/mol. The van der Waals surface area contributed by atoms with Gasteiger partial charge in [0.1, 0.15) is 0 Å². The normalized spacial score (nSPS) is 13.9. The second kappa shape index (κ2) is 7.47. The fourth-order valence-electron chi connectivity index (χ4n) is 3.37. The van der Waals surface area contributed by atoms with Gasteiger partial charge in [-0.1, -0.05) is 18.2 Å². The fourth-order valence-corrected chi connectivity index (χ4v) is 3.37.